The number of benzene rings is 2. The number of piperidine rings is 1. The molecule has 1 amide bonds. The summed E-state index contributed by atoms with van der Waals surface area (Å²) in [6.45, 7) is 1.27. The SMILES string of the molecule is O=C(c1cc(-c2ccccc2)n[nH]1)N1CCC(Oc2nc3c(Cl)cccc3s2)CC1. The van der Waals surface area contributed by atoms with Crippen molar-refractivity contribution in [2.24, 2.45) is 0 Å². The van der Waals surface area contributed by atoms with Crippen molar-refractivity contribution in [3.05, 3.63) is 65.3 Å². The van der Waals surface area contributed by atoms with Gasteiger partial charge in [-0.3, -0.25) is 9.89 Å². The molecule has 8 heteroatoms. The van der Waals surface area contributed by atoms with Crippen LogP contribution in [0.3, 0.4) is 0 Å². The molecule has 1 aliphatic rings. The fourth-order valence-corrected chi connectivity index (χ4v) is 4.80. The van der Waals surface area contributed by atoms with Crippen LogP contribution in [-0.4, -0.2) is 45.2 Å². The van der Waals surface area contributed by atoms with E-state index in [4.69, 9.17) is 16.3 Å². The van der Waals surface area contributed by atoms with Gasteiger partial charge < -0.3 is 9.64 Å². The van der Waals surface area contributed by atoms with Crippen LogP contribution in [0, 0.1) is 0 Å². The Morgan fingerprint density at radius 2 is 1.93 bits per heavy atom. The molecule has 1 saturated heterocycles. The van der Waals surface area contributed by atoms with Crippen molar-refractivity contribution in [3.8, 4) is 16.5 Å². The molecule has 2 aromatic heterocycles. The number of carbonyl (C=O) groups is 1. The van der Waals surface area contributed by atoms with Crippen LogP contribution < -0.4 is 4.74 Å². The van der Waals surface area contributed by atoms with Crippen molar-refractivity contribution < 1.29 is 9.53 Å². The van der Waals surface area contributed by atoms with Crippen LogP contribution in [0.4, 0.5) is 0 Å². The Bertz CT molecular complexity index is 1180. The molecule has 0 unspecified atom stereocenters. The number of fused-ring (bicyclic) bond motifs is 1. The number of carbonyl (C=O) groups excluding carboxylic acids is 1. The maximum Gasteiger partial charge on any atom is 0.274 e. The number of para-hydroxylation sites is 1. The van der Waals surface area contributed by atoms with Crippen molar-refractivity contribution in [1.82, 2.24) is 20.1 Å². The van der Waals surface area contributed by atoms with Crippen LogP contribution in [-0.2, 0) is 0 Å². The highest BCUT2D eigenvalue weighted by atomic mass is 35.5. The lowest BCUT2D eigenvalue weighted by atomic mass is 10.1. The quantitative estimate of drug-likeness (QED) is 0.485. The number of thiazole rings is 1. The van der Waals surface area contributed by atoms with Crippen molar-refractivity contribution in [1.29, 1.82) is 0 Å². The van der Waals surface area contributed by atoms with Crippen LogP contribution in [0.1, 0.15) is 23.3 Å². The lowest BCUT2D eigenvalue weighted by Crippen LogP contribution is -2.41. The monoisotopic (exact) mass is 438 g/mol. The van der Waals surface area contributed by atoms with E-state index in [2.05, 4.69) is 15.2 Å². The molecule has 0 bridgehead atoms. The van der Waals surface area contributed by atoms with Gasteiger partial charge in [-0.1, -0.05) is 59.3 Å². The van der Waals surface area contributed by atoms with Gasteiger partial charge in [0.1, 0.15) is 17.3 Å². The topological polar surface area (TPSA) is 71.1 Å². The average Bonchev–Trinajstić information content (AvgIpc) is 3.42. The molecule has 0 saturated carbocycles. The van der Waals surface area contributed by atoms with E-state index in [1.165, 1.54) is 11.3 Å². The maximum atomic E-state index is 12.9. The number of hydrogen-bond donors (Lipinski definition) is 1. The number of aromatic nitrogens is 3. The zero-order valence-electron chi connectivity index (χ0n) is 16.0. The van der Waals surface area contributed by atoms with E-state index in [9.17, 15) is 4.79 Å². The number of nitrogens with zero attached hydrogens (tertiary/aromatic N) is 3. The van der Waals surface area contributed by atoms with Crippen molar-refractivity contribution in [2.45, 2.75) is 18.9 Å². The van der Waals surface area contributed by atoms with E-state index in [-0.39, 0.29) is 12.0 Å². The number of aromatic amines is 1. The third-order valence-corrected chi connectivity index (χ3v) is 6.44. The van der Waals surface area contributed by atoms with Crippen molar-refractivity contribution in [3.63, 3.8) is 0 Å². The van der Waals surface area contributed by atoms with Crippen LogP contribution >= 0.6 is 22.9 Å². The first-order valence-corrected chi connectivity index (χ1v) is 11.0. The fraction of sp³-hybridized carbons (Fsp3) is 0.227. The molecule has 1 aliphatic heterocycles. The van der Waals surface area contributed by atoms with Gasteiger partial charge in [0.2, 0.25) is 0 Å². The summed E-state index contributed by atoms with van der Waals surface area (Å²) in [7, 11) is 0. The maximum absolute atomic E-state index is 12.9. The molecule has 0 radical (unpaired) electrons. The molecule has 2 aromatic carbocycles. The molecular formula is C22H19ClN4O2S. The van der Waals surface area contributed by atoms with Gasteiger partial charge in [-0.2, -0.15) is 5.10 Å². The largest absolute Gasteiger partial charge is 0.467 e. The minimum atomic E-state index is -0.0325. The molecule has 152 valence electrons. The van der Waals surface area contributed by atoms with E-state index >= 15 is 0 Å². The first-order chi connectivity index (χ1) is 14.7. The number of rotatable bonds is 4. The van der Waals surface area contributed by atoms with Gasteiger partial charge >= 0.3 is 0 Å². The number of amides is 1. The Labute approximate surface area is 182 Å². The Morgan fingerprint density at radius 3 is 2.70 bits per heavy atom. The summed E-state index contributed by atoms with van der Waals surface area (Å²) in [6, 6.07) is 17.4. The molecular weight excluding hydrogens is 420 g/mol. The Kier molecular flexibility index (Phi) is 5.14. The van der Waals surface area contributed by atoms with E-state index in [1.54, 1.807) is 0 Å². The number of halogens is 1. The number of ether oxygens (including phenoxy) is 1. The molecule has 0 spiro atoms. The average molecular weight is 439 g/mol. The Balaban J connectivity index is 1.21. The lowest BCUT2D eigenvalue weighted by molar-refractivity contribution is 0.0590. The second kappa shape index (κ2) is 8.08. The van der Waals surface area contributed by atoms with E-state index in [0.717, 1.165) is 34.3 Å². The smallest absolute Gasteiger partial charge is 0.274 e. The number of likely N-dealkylation sites (tertiary alicyclic amines) is 1. The summed E-state index contributed by atoms with van der Waals surface area (Å²) in [5.41, 5.74) is 3.04. The zero-order chi connectivity index (χ0) is 20.5. The minimum Gasteiger partial charge on any atom is -0.467 e. The second-order valence-corrected chi connectivity index (χ2v) is 8.61. The van der Waals surface area contributed by atoms with Gasteiger partial charge in [0.15, 0.2) is 0 Å². The Morgan fingerprint density at radius 1 is 1.13 bits per heavy atom. The van der Waals surface area contributed by atoms with E-state index in [0.29, 0.717) is 29.0 Å². The summed E-state index contributed by atoms with van der Waals surface area (Å²) in [5, 5.41) is 8.43. The Hall–Kier alpha value is -2.90. The molecule has 30 heavy (non-hydrogen) atoms. The van der Waals surface area contributed by atoms with Gasteiger partial charge in [-0.25, -0.2) is 4.98 Å². The van der Waals surface area contributed by atoms with Crippen LogP contribution in [0.25, 0.3) is 21.5 Å². The molecule has 0 atom stereocenters. The summed E-state index contributed by atoms with van der Waals surface area (Å²) < 4.78 is 7.09. The molecule has 3 heterocycles. The molecule has 6 nitrogen and oxygen atoms in total. The summed E-state index contributed by atoms with van der Waals surface area (Å²) in [6.07, 6.45) is 1.56. The minimum absolute atomic E-state index is 0.0325. The third-order valence-electron chi connectivity index (χ3n) is 5.22. The summed E-state index contributed by atoms with van der Waals surface area (Å²) >= 11 is 7.70. The predicted molar refractivity (Wildman–Crippen MR) is 118 cm³/mol. The highest BCUT2D eigenvalue weighted by molar-refractivity contribution is 7.20. The number of hydrogen-bond acceptors (Lipinski definition) is 5. The van der Waals surface area contributed by atoms with Crippen molar-refractivity contribution >= 4 is 39.1 Å². The van der Waals surface area contributed by atoms with Crippen molar-refractivity contribution in [2.75, 3.05) is 13.1 Å². The van der Waals surface area contributed by atoms with Crippen LogP contribution in [0.15, 0.2) is 54.6 Å². The fourth-order valence-electron chi connectivity index (χ4n) is 3.62. The first kappa shape index (κ1) is 19.1. The molecule has 1 fully saturated rings. The van der Waals surface area contributed by atoms with Gasteiger partial charge in [0.05, 0.1) is 15.4 Å². The summed E-state index contributed by atoms with van der Waals surface area (Å²) in [5.74, 6) is -0.0325. The molecule has 1 N–H and O–H groups in total. The molecule has 0 aliphatic carbocycles. The summed E-state index contributed by atoms with van der Waals surface area (Å²) in [4.78, 5) is 19.2. The molecule has 4 aromatic rings. The lowest BCUT2D eigenvalue weighted by Gasteiger charge is -2.31. The van der Waals surface area contributed by atoms with Gasteiger partial charge in [-0.15, -0.1) is 0 Å². The van der Waals surface area contributed by atoms with Crippen LogP contribution in [0.5, 0.6) is 5.19 Å². The van der Waals surface area contributed by atoms with Gasteiger partial charge in [-0.05, 0) is 18.2 Å². The normalized spacial score (nSPS) is 14.9. The number of H-pyrrole nitrogens is 1. The second-order valence-electron chi connectivity index (χ2n) is 7.21. The molecule has 5 rings (SSSR count). The highest BCUT2D eigenvalue weighted by Crippen LogP contribution is 2.33. The predicted octanol–water partition coefficient (Wildman–Crippen LogP) is 5.02. The number of nitrogens with one attached hydrogen (secondary N) is 1. The first-order valence-electron chi connectivity index (χ1n) is 9.79. The zero-order valence-corrected chi connectivity index (χ0v) is 17.6. The van der Waals surface area contributed by atoms with Crippen LogP contribution in [0.2, 0.25) is 5.02 Å². The van der Waals surface area contributed by atoms with Gasteiger partial charge in [0.25, 0.3) is 11.1 Å². The van der Waals surface area contributed by atoms with E-state index in [1.807, 2.05) is 59.5 Å². The highest BCUT2D eigenvalue weighted by Gasteiger charge is 2.26. The van der Waals surface area contributed by atoms with Gasteiger partial charge in [0, 0.05) is 31.5 Å². The standard InChI is InChI=1S/C22H19ClN4O2S/c23-16-7-4-8-19-20(16)24-22(30-19)29-15-9-11-27(12-10-15)21(28)18-13-17(25-26-18)14-5-2-1-3-6-14/h1-8,13,15H,9-12H2,(H,25,26). The third kappa shape index (κ3) is 3.78. The van der Waals surface area contributed by atoms with E-state index < -0.39 is 0 Å².